The van der Waals surface area contributed by atoms with Gasteiger partial charge < -0.3 is 28.5 Å². The van der Waals surface area contributed by atoms with E-state index in [1.54, 1.807) is 0 Å². The van der Waals surface area contributed by atoms with Gasteiger partial charge in [0.05, 0.1) is 33.8 Å². The van der Waals surface area contributed by atoms with E-state index in [0.717, 1.165) is 109 Å². The third-order valence-electron chi connectivity index (χ3n) is 15.5. The van der Waals surface area contributed by atoms with Crippen LogP contribution in [0.1, 0.15) is 316 Å². The van der Waals surface area contributed by atoms with Crippen molar-refractivity contribution in [2.75, 3.05) is 40.9 Å². The average Bonchev–Trinajstić information content (AvgIpc) is 3.58. The Hall–Kier alpha value is -3.07. The Bertz CT molecular complexity index is 1780. The summed E-state index contributed by atoms with van der Waals surface area (Å²) in [7, 11) is 1.18. The lowest BCUT2D eigenvalue weighted by atomic mass is 10.0. The zero-order valence-electron chi connectivity index (χ0n) is 56.3. The van der Waals surface area contributed by atoms with Crippen molar-refractivity contribution in [2.24, 2.45) is 0 Å². The zero-order valence-corrected chi connectivity index (χ0v) is 57.2. The highest BCUT2D eigenvalue weighted by Gasteiger charge is 2.27. The van der Waals surface area contributed by atoms with Crippen molar-refractivity contribution < 1.29 is 37.3 Å². The summed E-state index contributed by atoms with van der Waals surface area (Å²) in [5, 5.41) is 3.04. The third kappa shape index (κ3) is 65.2. The summed E-state index contributed by atoms with van der Waals surface area (Å²) in [5.74, 6) is -0.545. The molecule has 0 saturated carbocycles. The Labute approximate surface area is 526 Å². The van der Waals surface area contributed by atoms with Crippen LogP contribution in [0.2, 0.25) is 0 Å². The fraction of sp³-hybridized carbons (Fsp3) is 0.760. The number of quaternary nitrogens is 1. The summed E-state index contributed by atoms with van der Waals surface area (Å²) in [6, 6.07) is -0.897. The molecule has 1 amide bonds. The van der Waals surface area contributed by atoms with Gasteiger partial charge in [-0.05, 0) is 109 Å². The van der Waals surface area contributed by atoms with Crippen LogP contribution in [0, 0.1) is 0 Å². The second kappa shape index (κ2) is 63.9. The number of hydrogen-bond donors (Lipinski definition) is 1. The summed E-state index contributed by atoms with van der Waals surface area (Å²) in [5.41, 5.74) is 0. The molecule has 3 atom stereocenters. The zero-order chi connectivity index (χ0) is 62.1. The highest BCUT2D eigenvalue weighted by atomic mass is 31.2. The van der Waals surface area contributed by atoms with Crippen LogP contribution in [0.3, 0.4) is 0 Å². The van der Waals surface area contributed by atoms with Crippen LogP contribution >= 0.6 is 7.82 Å². The van der Waals surface area contributed by atoms with E-state index in [-0.39, 0.29) is 24.9 Å². The number of carbonyl (C=O) groups excluding carboxylic acids is 2. The Balaban J connectivity index is 5.04. The molecular formula is C75H135N2O7P. The molecule has 0 aromatic heterocycles. The number of hydrogen-bond acceptors (Lipinski definition) is 7. The molecule has 0 fully saturated rings. The number of carbonyl (C=O) groups is 2. The molecule has 492 valence electrons. The number of nitrogens with zero attached hydrogens (tertiary/aromatic N) is 1. The van der Waals surface area contributed by atoms with Crippen molar-refractivity contribution in [3.63, 3.8) is 0 Å². The van der Waals surface area contributed by atoms with Gasteiger partial charge in [-0.3, -0.25) is 14.2 Å². The number of likely N-dealkylation sites (N-methyl/N-ethyl adjacent to an activating group) is 1. The van der Waals surface area contributed by atoms with Crippen molar-refractivity contribution >= 4 is 19.7 Å². The Morgan fingerprint density at radius 2 is 0.753 bits per heavy atom. The van der Waals surface area contributed by atoms with Gasteiger partial charge in [-0.15, -0.1) is 0 Å². The van der Waals surface area contributed by atoms with Crippen LogP contribution < -0.4 is 10.2 Å². The van der Waals surface area contributed by atoms with E-state index < -0.39 is 26.6 Å². The Morgan fingerprint density at radius 3 is 1.15 bits per heavy atom. The number of phosphoric ester groups is 1. The monoisotopic (exact) mass is 1210 g/mol. The Kier molecular flexibility index (Phi) is 61.6. The number of rotatable bonds is 64. The summed E-state index contributed by atoms with van der Waals surface area (Å²) < 4.78 is 30.4. The topological polar surface area (TPSA) is 114 Å². The third-order valence-corrected chi connectivity index (χ3v) is 16.5. The molecular weight excluding hydrogens is 1070 g/mol. The minimum absolute atomic E-state index is 0.0265. The normalized spacial score (nSPS) is 14.1. The first kappa shape index (κ1) is 81.9. The number of unbranched alkanes of at least 4 members (excludes halogenated alkanes) is 34. The molecule has 0 saturated heterocycles. The lowest BCUT2D eigenvalue weighted by Crippen LogP contribution is -2.47. The predicted octanol–water partition coefficient (Wildman–Crippen LogP) is 22.0. The van der Waals surface area contributed by atoms with Gasteiger partial charge in [0.15, 0.2) is 0 Å². The van der Waals surface area contributed by atoms with Gasteiger partial charge in [-0.25, -0.2) is 0 Å². The lowest BCUT2D eigenvalue weighted by molar-refractivity contribution is -0.870. The molecule has 3 unspecified atom stereocenters. The van der Waals surface area contributed by atoms with Crippen molar-refractivity contribution in [1.29, 1.82) is 0 Å². The number of esters is 1. The molecule has 0 aliphatic rings. The first-order valence-electron chi connectivity index (χ1n) is 35.5. The van der Waals surface area contributed by atoms with E-state index in [1.165, 1.54) is 173 Å². The maximum Gasteiger partial charge on any atom is 0.306 e. The molecule has 10 heteroatoms. The quantitative estimate of drug-likeness (QED) is 0.0212. The van der Waals surface area contributed by atoms with E-state index >= 15 is 0 Å². The van der Waals surface area contributed by atoms with E-state index in [9.17, 15) is 19.0 Å². The highest BCUT2D eigenvalue weighted by Crippen LogP contribution is 2.38. The fourth-order valence-corrected chi connectivity index (χ4v) is 10.8. The smallest absolute Gasteiger partial charge is 0.306 e. The number of allylic oxidation sites excluding steroid dienone is 15. The first-order chi connectivity index (χ1) is 41.4. The molecule has 0 aliphatic carbocycles. The van der Waals surface area contributed by atoms with Crippen molar-refractivity contribution in [3.8, 4) is 0 Å². The van der Waals surface area contributed by atoms with Gasteiger partial charge in [-0.1, -0.05) is 292 Å². The van der Waals surface area contributed by atoms with E-state index in [0.29, 0.717) is 17.4 Å². The number of nitrogens with one attached hydrogen (secondary N) is 1. The largest absolute Gasteiger partial charge is 0.756 e. The number of phosphoric acid groups is 1. The lowest BCUT2D eigenvalue weighted by Gasteiger charge is -2.30. The van der Waals surface area contributed by atoms with Gasteiger partial charge in [-0.2, -0.15) is 0 Å². The maximum atomic E-state index is 13.6. The van der Waals surface area contributed by atoms with Crippen LogP contribution in [0.15, 0.2) is 97.2 Å². The van der Waals surface area contributed by atoms with E-state index in [1.807, 2.05) is 33.3 Å². The second-order valence-electron chi connectivity index (χ2n) is 25.0. The molecule has 0 bridgehead atoms. The molecule has 0 aliphatic heterocycles. The number of amides is 1. The van der Waals surface area contributed by atoms with Crippen LogP contribution in [0.5, 0.6) is 0 Å². The molecule has 0 aromatic rings. The molecule has 0 radical (unpaired) electrons. The van der Waals surface area contributed by atoms with Crippen LogP contribution in [0.25, 0.3) is 0 Å². The molecule has 85 heavy (non-hydrogen) atoms. The van der Waals surface area contributed by atoms with Crippen LogP contribution in [-0.2, 0) is 27.9 Å². The average molecular weight is 1210 g/mol. The van der Waals surface area contributed by atoms with Gasteiger partial charge in [0, 0.05) is 12.8 Å². The molecule has 9 nitrogen and oxygen atoms in total. The summed E-state index contributed by atoms with van der Waals surface area (Å²) in [6.45, 7) is 6.72. The van der Waals surface area contributed by atoms with Crippen LogP contribution in [0.4, 0.5) is 0 Å². The van der Waals surface area contributed by atoms with Gasteiger partial charge in [0.1, 0.15) is 19.3 Å². The maximum absolute atomic E-state index is 13.6. The summed E-state index contributed by atoms with van der Waals surface area (Å²) in [6.07, 6.45) is 86.7. The van der Waals surface area contributed by atoms with E-state index in [2.05, 4.69) is 111 Å². The molecule has 0 rings (SSSR count). The molecule has 0 heterocycles. The molecule has 1 N–H and O–H groups in total. The van der Waals surface area contributed by atoms with E-state index in [4.69, 9.17) is 13.8 Å². The summed E-state index contributed by atoms with van der Waals surface area (Å²) >= 11 is 0. The minimum Gasteiger partial charge on any atom is -0.756 e. The first-order valence-corrected chi connectivity index (χ1v) is 37.0. The van der Waals surface area contributed by atoms with Crippen molar-refractivity contribution in [2.45, 2.75) is 328 Å². The molecule has 0 spiro atoms. The minimum atomic E-state index is -4.71. The summed E-state index contributed by atoms with van der Waals surface area (Å²) in [4.78, 5) is 40.2. The fourth-order valence-electron chi connectivity index (χ4n) is 10.1. The molecule has 0 aromatic carbocycles. The SMILES string of the molecule is CC/C=C\C/C=C\C/C=C\C/C=C\C/C=C\CCCCCCCCCCCC(=O)OC(/C=C/CCCCCCCCCCC)C(COP(=O)([O-])OCC[N+](C)(C)C)NC(=O)CCCCCCCCCCCCCCC/C=C\C/C=C\CCCCC. The highest BCUT2D eigenvalue weighted by molar-refractivity contribution is 7.45. The van der Waals surface area contributed by atoms with Crippen molar-refractivity contribution in [1.82, 2.24) is 5.32 Å². The predicted molar refractivity (Wildman–Crippen MR) is 367 cm³/mol. The Morgan fingerprint density at radius 1 is 0.424 bits per heavy atom. The number of ether oxygens (including phenoxy) is 1. The van der Waals surface area contributed by atoms with Gasteiger partial charge in [0.2, 0.25) is 5.91 Å². The van der Waals surface area contributed by atoms with Gasteiger partial charge >= 0.3 is 5.97 Å². The van der Waals surface area contributed by atoms with Crippen LogP contribution in [-0.4, -0.2) is 69.4 Å². The standard InChI is InChI=1S/C75H135N2O7P/c1-7-10-13-16-19-22-25-27-29-31-33-35-37-38-40-42-44-46-48-50-53-56-59-62-65-68-75(79)84-73(66-63-60-57-54-51-24-21-18-15-12-9-3)72(71-83-85(80,81)82-70-69-77(4,5)6)76-74(78)67-64-61-58-55-52-49-47-45-43-41-39-36-34-32-30-28-26-23-20-17-14-11-8-2/h10,13,19-20,22-23,27-30,33,35,38,40,63,66,72-73H,7-9,11-12,14-18,21,24-26,31-32,34,36-37,39,41-62,64-65,67-71H2,1-6H3,(H-,76,78,80,81)/b13-10-,22-19-,23-20-,29-27-,30-28-,35-33-,40-38-,66-63+. The van der Waals surface area contributed by atoms with Gasteiger partial charge in [0.25, 0.3) is 7.82 Å². The second-order valence-corrected chi connectivity index (χ2v) is 26.4. The van der Waals surface area contributed by atoms with Crippen molar-refractivity contribution in [3.05, 3.63) is 97.2 Å².